The van der Waals surface area contributed by atoms with Crippen molar-refractivity contribution >= 4 is 11.9 Å². The second-order valence-electron chi connectivity index (χ2n) is 4.37. The molecule has 0 aromatic heterocycles. The van der Waals surface area contributed by atoms with Crippen molar-refractivity contribution in [1.29, 1.82) is 0 Å². The van der Waals surface area contributed by atoms with Crippen LogP contribution in [-0.4, -0.2) is 42.4 Å². The lowest BCUT2D eigenvalue weighted by Gasteiger charge is -2.11. The molecule has 0 unspecified atom stereocenters. The van der Waals surface area contributed by atoms with Crippen LogP contribution in [0, 0.1) is 0 Å². The quantitative estimate of drug-likeness (QED) is 0.705. The molecular weight excluding hydrogens is 278 g/mol. The third-order valence-corrected chi connectivity index (χ3v) is 2.31. The SMILES string of the molecule is COc1cc(CNC(C)C)cc(OC)c1.O=C(O)C(=O)O. The van der Waals surface area contributed by atoms with Gasteiger partial charge in [0, 0.05) is 18.7 Å². The summed E-state index contributed by atoms with van der Waals surface area (Å²) >= 11 is 0. The van der Waals surface area contributed by atoms with Gasteiger partial charge in [-0.15, -0.1) is 0 Å². The summed E-state index contributed by atoms with van der Waals surface area (Å²) in [5.74, 6) is -1.99. The van der Waals surface area contributed by atoms with Crippen LogP contribution in [0.5, 0.6) is 11.5 Å². The smallest absolute Gasteiger partial charge is 0.414 e. The van der Waals surface area contributed by atoms with Gasteiger partial charge in [0.05, 0.1) is 14.2 Å². The number of aliphatic carboxylic acids is 2. The number of carbonyl (C=O) groups is 2. The lowest BCUT2D eigenvalue weighted by molar-refractivity contribution is -0.159. The first kappa shape index (κ1) is 18.7. The summed E-state index contributed by atoms with van der Waals surface area (Å²) < 4.78 is 10.4. The molecule has 0 aliphatic carbocycles. The van der Waals surface area contributed by atoms with Crippen LogP contribution in [0.25, 0.3) is 0 Å². The first-order chi connectivity index (χ1) is 9.79. The van der Waals surface area contributed by atoms with E-state index in [0.717, 1.165) is 18.0 Å². The van der Waals surface area contributed by atoms with E-state index in [0.29, 0.717) is 6.04 Å². The maximum Gasteiger partial charge on any atom is 0.414 e. The highest BCUT2D eigenvalue weighted by atomic mass is 16.5. The van der Waals surface area contributed by atoms with E-state index < -0.39 is 11.9 Å². The van der Waals surface area contributed by atoms with Gasteiger partial charge in [-0.1, -0.05) is 13.8 Å². The molecule has 0 fully saturated rings. The minimum Gasteiger partial charge on any atom is -0.497 e. The van der Waals surface area contributed by atoms with Crippen LogP contribution in [0.15, 0.2) is 18.2 Å². The first-order valence-corrected chi connectivity index (χ1v) is 6.21. The van der Waals surface area contributed by atoms with Gasteiger partial charge in [-0.3, -0.25) is 0 Å². The molecule has 0 saturated heterocycles. The van der Waals surface area contributed by atoms with E-state index in [1.54, 1.807) is 14.2 Å². The fourth-order valence-electron chi connectivity index (χ4n) is 1.29. The van der Waals surface area contributed by atoms with E-state index in [4.69, 9.17) is 29.3 Å². The molecule has 0 bridgehead atoms. The van der Waals surface area contributed by atoms with E-state index in [1.807, 2.05) is 18.2 Å². The fourth-order valence-corrected chi connectivity index (χ4v) is 1.29. The van der Waals surface area contributed by atoms with Gasteiger partial charge in [-0.2, -0.15) is 0 Å². The zero-order chi connectivity index (χ0) is 16.4. The Hall–Kier alpha value is -2.28. The van der Waals surface area contributed by atoms with Crippen LogP contribution in [0.2, 0.25) is 0 Å². The summed E-state index contributed by atoms with van der Waals surface area (Å²) in [5, 5.41) is 18.1. The predicted octanol–water partition coefficient (Wildman–Crippen LogP) is 1.36. The summed E-state index contributed by atoms with van der Waals surface area (Å²) in [6.07, 6.45) is 0. The van der Waals surface area contributed by atoms with Gasteiger partial charge in [0.1, 0.15) is 11.5 Å². The van der Waals surface area contributed by atoms with Gasteiger partial charge in [-0.25, -0.2) is 9.59 Å². The van der Waals surface area contributed by atoms with Crippen molar-refractivity contribution in [2.24, 2.45) is 0 Å². The molecule has 1 rings (SSSR count). The van der Waals surface area contributed by atoms with Crippen LogP contribution in [0.4, 0.5) is 0 Å². The Bertz CT molecular complexity index is 438. The van der Waals surface area contributed by atoms with Crippen LogP contribution in [-0.2, 0) is 16.1 Å². The van der Waals surface area contributed by atoms with Gasteiger partial charge in [0.15, 0.2) is 0 Å². The maximum atomic E-state index is 9.10. The Morgan fingerprint density at radius 1 is 1.05 bits per heavy atom. The average molecular weight is 299 g/mol. The van der Waals surface area contributed by atoms with Crippen molar-refractivity contribution in [3.63, 3.8) is 0 Å². The van der Waals surface area contributed by atoms with Crippen LogP contribution in [0.3, 0.4) is 0 Å². The predicted molar refractivity (Wildman–Crippen MR) is 76.8 cm³/mol. The molecule has 0 heterocycles. The molecule has 1 aromatic carbocycles. The lowest BCUT2D eigenvalue weighted by atomic mass is 10.2. The minimum absolute atomic E-state index is 0.474. The molecule has 21 heavy (non-hydrogen) atoms. The molecule has 7 heteroatoms. The highest BCUT2D eigenvalue weighted by molar-refractivity contribution is 6.27. The number of nitrogens with one attached hydrogen (secondary N) is 1. The number of methoxy groups -OCH3 is 2. The van der Waals surface area contributed by atoms with Gasteiger partial charge >= 0.3 is 11.9 Å². The van der Waals surface area contributed by atoms with Crippen molar-refractivity contribution in [3.05, 3.63) is 23.8 Å². The standard InChI is InChI=1S/C12H19NO2.C2H2O4/c1-9(2)13-8-10-5-11(14-3)7-12(6-10)15-4;3-1(4)2(5)6/h5-7,9,13H,8H2,1-4H3;(H,3,4)(H,5,6). The van der Waals surface area contributed by atoms with Crippen molar-refractivity contribution in [2.75, 3.05) is 14.2 Å². The minimum atomic E-state index is -1.82. The largest absolute Gasteiger partial charge is 0.497 e. The Morgan fingerprint density at radius 3 is 1.76 bits per heavy atom. The first-order valence-electron chi connectivity index (χ1n) is 6.21. The third-order valence-electron chi connectivity index (χ3n) is 2.31. The maximum absolute atomic E-state index is 9.10. The lowest BCUT2D eigenvalue weighted by Crippen LogP contribution is -2.21. The van der Waals surface area contributed by atoms with Gasteiger partial charge in [0.2, 0.25) is 0 Å². The molecule has 0 aliphatic rings. The molecule has 0 saturated carbocycles. The molecule has 0 aliphatic heterocycles. The summed E-state index contributed by atoms with van der Waals surface area (Å²) in [4.78, 5) is 18.2. The van der Waals surface area contributed by atoms with Gasteiger partial charge < -0.3 is 25.0 Å². The number of rotatable bonds is 5. The monoisotopic (exact) mass is 299 g/mol. The highest BCUT2D eigenvalue weighted by Gasteiger charge is 2.04. The van der Waals surface area contributed by atoms with E-state index in [-0.39, 0.29) is 0 Å². The molecule has 0 spiro atoms. The molecule has 118 valence electrons. The van der Waals surface area contributed by atoms with Crippen molar-refractivity contribution < 1.29 is 29.3 Å². The Kier molecular flexibility index (Phi) is 8.55. The normalized spacial score (nSPS) is 9.57. The number of ether oxygens (including phenoxy) is 2. The van der Waals surface area contributed by atoms with Gasteiger partial charge in [0.25, 0.3) is 0 Å². The molecule has 0 radical (unpaired) electrons. The third kappa shape index (κ3) is 8.48. The highest BCUT2D eigenvalue weighted by Crippen LogP contribution is 2.22. The Morgan fingerprint density at radius 2 is 1.48 bits per heavy atom. The fraction of sp³-hybridized carbons (Fsp3) is 0.429. The molecule has 0 amide bonds. The summed E-state index contributed by atoms with van der Waals surface area (Å²) in [6, 6.07) is 6.37. The van der Waals surface area contributed by atoms with Crippen LogP contribution >= 0.6 is 0 Å². The number of carboxylic acids is 2. The molecule has 7 nitrogen and oxygen atoms in total. The van der Waals surface area contributed by atoms with E-state index >= 15 is 0 Å². The second-order valence-corrected chi connectivity index (χ2v) is 4.37. The number of carboxylic acid groups (broad SMARTS) is 2. The van der Waals surface area contributed by atoms with Crippen molar-refractivity contribution in [3.8, 4) is 11.5 Å². The molecule has 3 N–H and O–H groups in total. The van der Waals surface area contributed by atoms with Gasteiger partial charge in [-0.05, 0) is 17.7 Å². The zero-order valence-corrected chi connectivity index (χ0v) is 12.5. The van der Waals surface area contributed by atoms with Crippen molar-refractivity contribution in [2.45, 2.75) is 26.4 Å². The number of hydrogen-bond donors (Lipinski definition) is 3. The van der Waals surface area contributed by atoms with Crippen LogP contribution in [0.1, 0.15) is 19.4 Å². The molecule has 1 aromatic rings. The van der Waals surface area contributed by atoms with Crippen LogP contribution < -0.4 is 14.8 Å². The van der Waals surface area contributed by atoms with Crippen molar-refractivity contribution in [1.82, 2.24) is 5.32 Å². The Labute approximate surface area is 123 Å². The number of hydrogen-bond acceptors (Lipinski definition) is 5. The number of benzene rings is 1. The molecule has 0 atom stereocenters. The van der Waals surface area contributed by atoms with E-state index in [2.05, 4.69) is 19.2 Å². The second kappa shape index (κ2) is 9.60. The Balaban J connectivity index is 0.000000567. The summed E-state index contributed by atoms with van der Waals surface area (Å²) in [6.45, 7) is 5.07. The summed E-state index contributed by atoms with van der Waals surface area (Å²) in [5.41, 5.74) is 1.17. The average Bonchev–Trinajstić information content (AvgIpc) is 2.45. The molecular formula is C14H21NO6. The topological polar surface area (TPSA) is 105 Å². The zero-order valence-electron chi connectivity index (χ0n) is 12.5. The van der Waals surface area contributed by atoms with E-state index in [9.17, 15) is 0 Å². The summed E-state index contributed by atoms with van der Waals surface area (Å²) in [7, 11) is 3.32. The van der Waals surface area contributed by atoms with E-state index in [1.165, 1.54) is 5.56 Å².